The van der Waals surface area contributed by atoms with Gasteiger partial charge in [-0.05, 0) is 35.0 Å². The summed E-state index contributed by atoms with van der Waals surface area (Å²) in [6.45, 7) is 0. The molecule has 0 aliphatic heterocycles. The molecule has 0 fully saturated rings. The molecule has 0 unspecified atom stereocenters. The second kappa shape index (κ2) is 3.77. The van der Waals surface area contributed by atoms with Crippen molar-refractivity contribution in [1.29, 1.82) is 0 Å². The quantitative estimate of drug-likeness (QED) is 0.773. The van der Waals surface area contributed by atoms with Crippen LogP contribution in [0.4, 0.5) is 0 Å². The van der Waals surface area contributed by atoms with E-state index in [0.29, 0.717) is 21.5 Å². The largest absolute Gasteiger partial charge is 0.333 e. The van der Waals surface area contributed by atoms with Crippen LogP contribution in [0.25, 0.3) is 11.5 Å². The Hall–Kier alpha value is -0.770. The van der Waals surface area contributed by atoms with Crippen molar-refractivity contribution in [2.45, 2.75) is 0 Å². The fraction of sp³-hybridized carbons (Fsp3) is 0. The molecule has 0 bridgehead atoms. The van der Waals surface area contributed by atoms with Gasteiger partial charge in [0.25, 0.3) is 11.2 Å². The normalized spacial score (nSPS) is 10.5. The lowest BCUT2D eigenvalue weighted by atomic mass is 10.2. The molecule has 0 spiro atoms. The van der Waals surface area contributed by atoms with Gasteiger partial charge in [0, 0.05) is 15.6 Å². The number of hydrogen-bond donors (Lipinski definition) is 0. The summed E-state index contributed by atoms with van der Waals surface area (Å²) in [6.07, 6.45) is 0. The fourth-order valence-corrected chi connectivity index (χ4v) is 1.64. The number of benzene rings is 1. The molecule has 0 amide bonds. The van der Waals surface area contributed by atoms with Crippen molar-refractivity contribution in [3.05, 3.63) is 33.5 Å². The number of rotatable bonds is 1. The molecular formula is C8H3Cl3N2O. The van der Waals surface area contributed by atoms with Gasteiger partial charge in [-0.1, -0.05) is 23.2 Å². The van der Waals surface area contributed by atoms with Gasteiger partial charge in [0.05, 0.1) is 0 Å². The summed E-state index contributed by atoms with van der Waals surface area (Å²) in [5.74, 6) is 0.291. The SMILES string of the molecule is Clc1cc(Cl)cc(-c2nc(Cl)no2)c1. The Morgan fingerprint density at radius 2 is 1.64 bits per heavy atom. The zero-order chi connectivity index (χ0) is 10.1. The van der Waals surface area contributed by atoms with E-state index in [4.69, 9.17) is 39.3 Å². The lowest BCUT2D eigenvalue weighted by molar-refractivity contribution is 0.430. The minimum atomic E-state index is 0.0519. The summed E-state index contributed by atoms with van der Waals surface area (Å²) in [4.78, 5) is 3.83. The molecule has 2 aromatic rings. The Labute approximate surface area is 94.6 Å². The van der Waals surface area contributed by atoms with Gasteiger partial charge in [-0.15, -0.1) is 0 Å². The highest BCUT2D eigenvalue weighted by molar-refractivity contribution is 6.35. The van der Waals surface area contributed by atoms with E-state index < -0.39 is 0 Å². The lowest BCUT2D eigenvalue weighted by Gasteiger charge is -1.96. The summed E-state index contributed by atoms with van der Waals surface area (Å²) >= 11 is 17.1. The molecule has 0 saturated carbocycles. The van der Waals surface area contributed by atoms with E-state index >= 15 is 0 Å². The van der Waals surface area contributed by atoms with Crippen LogP contribution in [-0.4, -0.2) is 10.1 Å². The maximum atomic E-state index is 5.80. The number of nitrogens with zero attached hydrogens (tertiary/aromatic N) is 2. The third kappa shape index (κ3) is 2.00. The molecule has 72 valence electrons. The first-order valence-electron chi connectivity index (χ1n) is 3.61. The summed E-state index contributed by atoms with van der Waals surface area (Å²) in [7, 11) is 0. The predicted molar refractivity (Wildman–Crippen MR) is 54.8 cm³/mol. The van der Waals surface area contributed by atoms with Crippen molar-refractivity contribution < 1.29 is 4.52 Å². The van der Waals surface area contributed by atoms with Gasteiger partial charge in [-0.3, -0.25) is 0 Å². The first kappa shape index (κ1) is 9.77. The predicted octanol–water partition coefficient (Wildman–Crippen LogP) is 3.70. The van der Waals surface area contributed by atoms with Gasteiger partial charge < -0.3 is 4.52 Å². The molecule has 3 nitrogen and oxygen atoms in total. The molecule has 0 aliphatic rings. The molecule has 0 saturated heterocycles. The molecule has 1 aromatic heterocycles. The van der Waals surface area contributed by atoms with E-state index in [1.54, 1.807) is 18.2 Å². The minimum absolute atomic E-state index is 0.0519. The summed E-state index contributed by atoms with van der Waals surface area (Å²) in [5, 5.41) is 4.50. The van der Waals surface area contributed by atoms with E-state index in [2.05, 4.69) is 10.1 Å². The second-order valence-corrected chi connectivity index (χ2v) is 3.74. The van der Waals surface area contributed by atoms with Gasteiger partial charge in [0.1, 0.15) is 0 Å². The average Bonchev–Trinajstić information content (AvgIpc) is 2.50. The van der Waals surface area contributed by atoms with E-state index in [-0.39, 0.29) is 5.28 Å². The molecule has 0 N–H and O–H groups in total. The van der Waals surface area contributed by atoms with Gasteiger partial charge >= 0.3 is 0 Å². The molecule has 1 heterocycles. The highest BCUT2D eigenvalue weighted by Crippen LogP contribution is 2.26. The van der Waals surface area contributed by atoms with E-state index in [1.807, 2.05) is 0 Å². The van der Waals surface area contributed by atoms with Crippen LogP contribution in [0.2, 0.25) is 15.3 Å². The molecule has 14 heavy (non-hydrogen) atoms. The lowest BCUT2D eigenvalue weighted by Crippen LogP contribution is -1.77. The van der Waals surface area contributed by atoms with Gasteiger partial charge in [0.2, 0.25) is 0 Å². The average molecular weight is 249 g/mol. The summed E-state index contributed by atoms with van der Waals surface area (Å²) < 4.78 is 4.85. The van der Waals surface area contributed by atoms with Gasteiger partial charge in [-0.2, -0.15) is 4.98 Å². The second-order valence-electron chi connectivity index (χ2n) is 2.53. The summed E-state index contributed by atoms with van der Waals surface area (Å²) in [6, 6.07) is 4.94. The van der Waals surface area contributed by atoms with Crippen LogP contribution < -0.4 is 0 Å². The van der Waals surface area contributed by atoms with Crippen LogP contribution in [0.1, 0.15) is 0 Å². The van der Waals surface area contributed by atoms with Crippen molar-refractivity contribution in [1.82, 2.24) is 10.1 Å². The molecule has 0 aliphatic carbocycles. The smallest absolute Gasteiger partial charge is 0.264 e. The molecule has 1 aromatic carbocycles. The topological polar surface area (TPSA) is 38.9 Å². The monoisotopic (exact) mass is 248 g/mol. The van der Waals surface area contributed by atoms with Crippen LogP contribution in [0, 0.1) is 0 Å². The third-order valence-electron chi connectivity index (χ3n) is 1.51. The Balaban J connectivity index is 2.51. The highest BCUT2D eigenvalue weighted by atomic mass is 35.5. The Morgan fingerprint density at radius 3 is 2.14 bits per heavy atom. The van der Waals surface area contributed by atoms with Crippen LogP contribution in [-0.2, 0) is 0 Å². The number of halogens is 3. The van der Waals surface area contributed by atoms with Crippen LogP contribution in [0.3, 0.4) is 0 Å². The molecule has 2 rings (SSSR count). The van der Waals surface area contributed by atoms with Crippen LogP contribution in [0.5, 0.6) is 0 Å². The van der Waals surface area contributed by atoms with Crippen LogP contribution >= 0.6 is 34.8 Å². The molecule has 0 atom stereocenters. The summed E-state index contributed by atoms with van der Waals surface area (Å²) in [5.41, 5.74) is 0.641. The number of hydrogen-bond acceptors (Lipinski definition) is 3. The standard InChI is InChI=1S/C8H3Cl3N2O/c9-5-1-4(2-6(10)3-5)7-12-8(11)13-14-7/h1-3H. The number of aromatic nitrogens is 2. The zero-order valence-electron chi connectivity index (χ0n) is 6.67. The maximum Gasteiger partial charge on any atom is 0.264 e. The Morgan fingerprint density at radius 1 is 1.00 bits per heavy atom. The highest BCUT2D eigenvalue weighted by Gasteiger charge is 2.08. The molecule has 0 radical (unpaired) electrons. The minimum Gasteiger partial charge on any atom is -0.333 e. The van der Waals surface area contributed by atoms with Gasteiger partial charge in [-0.25, -0.2) is 0 Å². The molecule has 6 heteroatoms. The van der Waals surface area contributed by atoms with Crippen molar-refractivity contribution in [3.8, 4) is 11.5 Å². The van der Waals surface area contributed by atoms with E-state index in [0.717, 1.165) is 0 Å². The zero-order valence-corrected chi connectivity index (χ0v) is 8.94. The van der Waals surface area contributed by atoms with Crippen LogP contribution in [0.15, 0.2) is 22.7 Å². The fourth-order valence-electron chi connectivity index (χ4n) is 1.00. The first-order chi connectivity index (χ1) is 6.65. The Bertz CT molecular complexity index is 449. The Kier molecular flexibility index (Phi) is 2.63. The van der Waals surface area contributed by atoms with E-state index in [9.17, 15) is 0 Å². The first-order valence-corrected chi connectivity index (χ1v) is 4.74. The van der Waals surface area contributed by atoms with Crippen molar-refractivity contribution in [2.75, 3.05) is 0 Å². The van der Waals surface area contributed by atoms with Crippen molar-refractivity contribution in [3.63, 3.8) is 0 Å². The van der Waals surface area contributed by atoms with Crippen molar-refractivity contribution >= 4 is 34.8 Å². The molecular weight excluding hydrogens is 246 g/mol. The maximum absolute atomic E-state index is 5.80. The van der Waals surface area contributed by atoms with Gasteiger partial charge in [0.15, 0.2) is 0 Å². The third-order valence-corrected chi connectivity index (χ3v) is 2.10. The van der Waals surface area contributed by atoms with Crippen molar-refractivity contribution in [2.24, 2.45) is 0 Å². The van der Waals surface area contributed by atoms with E-state index in [1.165, 1.54) is 0 Å².